The van der Waals surface area contributed by atoms with Gasteiger partial charge in [0.1, 0.15) is 11.9 Å². The molecular formula is C10H18N6O. The Hall–Kier alpha value is -1.89. The molecule has 5 N–H and O–H groups in total. The van der Waals surface area contributed by atoms with Gasteiger partial charge in [-0.1, -0.05) is 0 Å². The number of rotatable bonds is 5. The van der Waals surface area contributed by atoms with Crippen molar-refractivity contribution in [1.82, 2.24) is 15.3 Å². The molecule has 0 aliphatic rings. The molecule has 0 spiro atoms. The maximum atomic E-state index is 11.7. The van der Waals surface area contributed by atoms with Gasteiger partial charge in [-0.05, 0) is 20.8 Å². The summed E-state index contributed by atoms with van der Waals surface area (Å²) in [5.41, 5.74) is 2.39. The molecule has 1 rings (SSSR count). The van der Waals surface area contributed by atoms with Crippen LogP contribution in [0.3, 0.4) is 0 Å². The third-order valence-corrected chi connectivity index (χ3v) is 1.97. The first-order valence-corrected chi connectivity index (χ1v) is 5.38. The van der Waals surface area contributed by atoms with Crippen molar-refractivity contribution in [2.24, 2.45) is 5.84 Å². The molecule has 1 amide bonds. The van der Waals surface area contributed by atoms with E-state index in [4.69, 9.17) is 5.84 Å². The van der Waals surface area contributed by atoms with E-state index in [0.717, 1.165) is 0 Å². The van der Waals surface area contributed by atoms with Crippen LogP contribution in [0.5, 0.6) is 0 Å². The molecule has 1 unspecified atom stereocenters. The van der Waals surface area contributed by atoms with Crippen LogP contribution >= 0.6 is 0 Å². The molecule has 0 saturated carbocycles. The van der Waals surface area contributed by atoms with Crippen LogP contribution in [-0.2, 0) is 4.79 Å². The first-order chi connectivity index (χ1) is 8.02. The number of anilines is 2. The molecule has 7 nitrogen and oxygen atoms in total. The van der Waals surface area contributed by atoms with Crippen molar-refractivity contribution in [3.05, 3.63) is 12.4 Å². The van der Waals surface area contributed by atoms with Gasteiger partial charge in [0.25, 0.3) is 0 Å². The number of amides is 1. The third kappa shape index (κ3) is 4.23. The summed E-state index contributed by atoms with van der Waals surface area (Å²) in [5, 5.41) is 5.74. The lowest BCUT2D eigenvalue weighted by molar-refractivity contribution is -0.122. The Morgan fingerprint density at radius 3 is 2.53 bits per heavy atom. The lowest BCUT2D eigenvalue weighted by atomic mass is 10.3. The highest BCUT2D eigenvalue weighted by atomic mass is 16.2. The molecule has 0 aliphatic carbocycles. The second-order valence-electron chi connectivity index (χ2n) is 3.96. The maximum Gasteiger partial charge on any atom is 0.242 e. The zero-order valence-electron chi connectivity index (χ0n) is 10.2. The molecule has 1 heterocycles. The summed E-state index contributed by atoms with van der Waals surface area (Å²) in [7, 11) is 0. The first-order valence-electron chi connectivity index (χ1n) is 5.38. The minimum absolute atomic E-state index is 0.0899. The van der Waals surface area contributed by atoms with Crippen molar-refractivity contribution in [3.8, 4) is 0 Å². The van der Waals surface area contributed by atoms with E-state index in [2.05, 4.69) is 26.0 Å². The second kappa shape index (κ2) is 6.00. The summed E-state index contributed by atoms with van der Waals surface area (Å²) in [4.78, 5) is 19.7. The van der Waals surface area contributed by atoms with Gasteiger partial charge in [-0.15, -0.1) is 0 Å². The average Bonchev–Trinajstić information content (AvgIpc) is 2.28. The maximum absolute atomic E-state index is 11.7. The summed E-state index contributed by atoms with van der Waals surface area (Å²) < 4.78 is 0. The summed E-state index contributed by atoms with van der Waals surface area (Å²) in [6, 6.07) is -0.283. The number of carbonyl (C=O) groups excluding carboxylic acids is 1. The molecule has 0 saturated heterocycles. The van der Waals surface area contributed by atoms with Gasteiger partial charge in [0.2, 0.25) is 5.91 Å². The quantitative estimate of drug-likeness (QED) is 0.428. The van der Waals surface area contributed by atoms with E-state index in [0.29, 0.717) is 11.6 Å². The highest BCUT2D eigenvalue weighted by molar-refractivity contribution is 5.84. The fraction of sp³-hybridized carbons (Fsp3) is 0.500. The fourth-order valence-corrected chi connectivity index (χ4v) is 1.20. The Morgan fingerprint density at radius 2 is 1.94 bits per heavy atom. The van der Waals surface area contributed by atoms with Crippen LogP contribution in [0, 0.1) is 0 Å². The number of carbonyl (C=O) groups is 1. The molecule has 94 valence electrons. The van der Waals surface area contributed by atoms with E-state index in [9.17, 15) is 4.79 Å². The molecule has 1 aromatic heterocycles. The van der Waals surface area contributed by atoms with E-state index < -0.39 is 0 Å². The van der Waals surface area contributed by atoms with Crippen molar-refractivity contribution in [1.29, 1.82) is 0 Å². The molecule has 0 aromatic carbocycles. The zero-order chi connectivity index (χ0) is 12.8. The van der Waals surface area contributed by atoms with Crippen LogP contribution in [0.4, 0.5) is 11.6 Å². The number of nitrogens with two attached hydrogens (primary N) is 1. The van der Waals surface area contributed by atoms with E-state index in [1.807, 2.05) is 13.8 Å². The van der Waals surface area contributed by atoms with Gasteiger partial charge in [-0.2, -0.15) is 0 Å². The zero-order valence-corrected chi connectivity index (χ0v) is 10.2. The Kier molecular flexibility index (Phi) is 4.65. The summed E-state index contributed by atoms with van der Waals surface area (Å²) in [6.07, 6.45) is 3.02. The van der Waals surface area contributed by atoms with Crippen molar-refractivity contribution < 1.29 is 4.79 Å². The van der Waals surface area contributed by atoms with Gasteiger partial charge in [0.15, 0.2) is 5.82 Å². The number of nitrogens with zero attached hydrogens (tertiary/aromatic N) is 2. The molecule has 0 radical (unpaired) electrons. The van der Waals surface area contributed by atoms with E-state index >= 15 is 0 Å². The van der Waals surface area contributed by atoms with Gasteiger partial charge in [0.05, 0.1) is 12.4 Å². The van der Waals surface area contributed by atoms with Gasteiger partial charge >= 0.3 is 0 Å². The topological polar surface area (TPSA) is 105 Å². The normalized spacial score (nSPS) is 12.1. The smallest absolute Gasteiger partial charge is 0.242 e. The van der Waals surface area contributed by atoms with Gasteiger partial charge in [-0.3, -0.25) is 9.78 Å². The van der Waals surface area contributed by atoms with E-state index in [1.54, 1.807) is 6.92 Å². The molecule has 1 atom stereocenters. The SMILES string of the molecule is CC(C)NC(=O)C(C)Nc1cncc(NN)n1. The van der Waals surface area contributed by atoms with Crippen molar-refractivity contribution in [2.45, 2.75) is 32.9 Å². The van der Waals surface area contributed by atoms with Gasteiger partial charge < -0.3 is 16.1 Å². The predicted octanol–water partition coefficient (Wildman–Crippen LogP) is 0.0872. The Balaban J connectivity index is 2.60. The minimum Gasteiger partial charge on any atom is -0.357 e. The largest absolute Gasteiger partial charge is 0.357 e. The molecule has 0 aliphatic heterocycles. The number of aromatic nitrogens is 2. The van der Waals surface area contributed by atoms with Crippen molar-refractivity contribution in [2.75, 3.05) is 10.7 Å². The van der Waals surface area contributed by atoms with Gasteiger partial charge in [0, 0.05) is 6.04 Å². The van der Waals surface area contributed by atoms with E-state index in [1.165, 1.54) is 12.4 Å². The minimum atomic E-state index is -0.389. The molecular weight excluding hydrogens is 220 g/mol. The first kappa shape index (κ1) is 13.2. The number of nitrogen functional groups attached to an aromatic ring is 1. The molecule has 0 fully saturated rings. The number of hydrogen-bond acceptors (Lipinski definition) is 6. The molecule has 17 heavy (non-hydrogen) atoms. The Morgan fingerprint density at radius 1 is 1.29 bits per heavy atom. The van der Waals surface area contributed by atoms with Gasteiger partial charge in [-0.25, -0.2) is 10.8 Å². The lowest BCUT2D eigenvalue weighted by Gasteiger charge is -2.16. The third-order valence-electron chi connectivity index (χ3n) is 1.97. The standard InChI is InChI=1S/C10H18N6O/c1-6(2)13-10(17)7(3)14-8-4-12-5-9(15-8)16-11/h4-7H,11H2,1-3H3,(H,13,17)(H2,14,15,16). The summed E-state index contributed by atoms with van der Waals surface area (Å²) in [5.74, 6) is 6.05. The van der Waals surface area contributed by atoms with Crippen LogP contribution in [0.1, 0.15) is 20.8 Å². The second-order valence-corrected chi connectivity index (χ2v) is 3.96. The van der Waals surface area contributed by atoms with Crippen molar-refractivity contribution >= 4 is 17.5 Å². The highest BCUT2D eigenvalue weighted by Gasteiger charge is 2.13. The summed E-state index contributed by atoms with van der Waals surface area (Å²) in [6.45, 7) is 5.56. The van der Waals surface area contributed by atoms with Crippen LogP contribution < -0.4 is 21.9 Å². The summed E-state index contributed by atoms with van der Waals surface area (Å²) >= 11 is 0. The number of hydrogen-bond donors (Lipinski definition) is 4. The Labute approximate surface area is 100 Å². The van der Waals surface area contributed by atoms with Crippen LogP contribution in [0.15, 0.2) is 12.4 Å². The fourth-order valence-electron chi connectivity index (χ4n) is 1.20. The highest BCUT2D eigenvalue weighted by Crippen LogP contribution is 2.06. The molecule has 7 heteroatoms. The van der Waals surface area contributed by atoms with Crippen LogP contribution in [0.2, 0.25) is 0 Å². The number of hydrazine groups is 1. The van der Waals surface area contributed by atoms with Crippen molar-refractivity contribution in [3.63, 3.8) is 0 Å². The lowest BCUT2D eigenvalue weighted by Crippen LogP contribution is -2.41. The monoisotopic (exact) mass is 238 g/mol. The average molecular weight is 238 g/mol. The van der Waals surface area contributed by atoms with Crippen LogP contribution in [-0.4, -0.2) is 28.0 Å². The van der Waals surface area contributed by atoms with Crippen LogP contribution in [0.25, 0.3) is 0 Å². The molecule has 1 aromatic rings. The molecule has 0 bridgehead atoms. The predicted molar refractivity (Wildman–Crippen MR) is 66.2 cm³/mol. The Bertz CT molecular complexity index is 381. The number of nitrogens with one attached hydrogen (secondary N) is 3. The van der Waals surface area contributed by atoms with E-state index in [-0.39, 0.29) is 18.0 Å².